The highest BCUT2D eigenvalue weighted by atomic mass is 16.1. The molecule has 0 bridgehead atoms. The number of fused-ring (bicyclic) bond motifs is 1. The van der Waals surface area contributed by atoms with E-state index in [-0.39, 0.29) is 11.7 Å². The van der Waals surface area contributed by atoms with Gasteiger partial charge in [0.2, 0.25) is 6.41 Å². The van der Waals surface area contributed by atoms with Gasteiger partial charge in [-0.25, -0.2) is 4.79 Å². The quantitative estimate of drug-likeness (QED) is 0.644. The highest BCUT2D eigenvalue weighted by Crippen LogP contribution is 2.16. The summed E-state index contributed by atoms with van der Waals surface area (Å²) in [6, 6.07) is 5.46. The molecule has 1 aromatic carbocycles. The zero-order valence-electron chi connectivity index (χ0n) is 8.20. The molecule has 15 heavy (non-hydrogen) atoms. The number of hydrogen-bond donors (Lipinski definition) is 3. The first-order valence-corrected chi connectivity index (χ1v) is 4.62. The number of hydrogen-bond acceptors (Lipinski definition) is 2. The van der Waals surface area contributed by atoms with Gasteiger partial charge in [-0.05, 0) is 24.6 Å². The summed E-state index contributed by atoms with van der Waals surface area (Å²) in [5, 5.41) is 2.65. The van der Waals surface area contributed by atoms with Crippen LogP contribution < -0.4 is 11.0 Å². The Hall–Kier alpha value is -2.04. The predicted octanol–water partition coefficient (Wildman–Crippen LogP) is 0.663. The van der Waals surface area contributed by atoms with Crippen LogP contribution in [-0.4, -0.2) is 16.4 Å². The first-order chi connectivity index (χ1) is 7.20. The molecule has 0 saturated carbocycles. The van der Waals surface area contributed by atoms with Crippen molar-refractivity contribution < 1.29 is 4.79 Å². The Morgan fingerprint density at radius 2 is 2.07 bits per heavy atom. The second-order valence-electron chi connectivity index (χ2n) is 3.39. The van der Waals surface area contributed by atoms with E-state index in [1.165, 1.54) is 0 Å². The van der Waals surface area contributed by atoms with Crippen molar-refractivity contribution in [3.8, 4) is 0 Å². The molecule has 1 aromatic heterocycles. The van der Waals surface area contributed by atoms with Crippen LogP contribution >= 0.6 is 0 Å². The lowest BCUT2D eigenvalue weighted by Gasteiger charge is -2.09. The lowest BCUT2D eigenvalue weighted by molar-refractivity contribution is -0.110. The zero-order chi connectivity index (χ0) is 10.8. The number of rotatable bonds is 3. The van der Waals surface area contributed by atoms with Gasteiger partial charge in [0.15, 0.2) is 0 Å². The van der Waals surface area contributed by atoms with E-state index in [1.54, 1.807) is 0 Å². The molecular formula is C10H11N3O2. The molecule has 1 atom stereocenters. The van der Waals surface area contributed by atoms with E-state index < -0.39 is 0 Å². The van der Waals surface area contributed by atoms with Gasteiger partial charge in [0, 0.05) is 0 Å². The minimum absolute atomic E-state index is 0.0645. The van der Waals surface area contributed by atoms with Crippen LogP contribution in [0.15, 0.2) is 23.0 Å². The van der Waals surface area contributed by atoms with Crippen LogP contribution in [0.3, 0.4) is 0 Å². The average molecular weight is 205 g/mol. The fraction of sp³-hybridized carbons (Fsp3) is 0.200. The molecule has 0 radical (unpaired) electrons. The van der Waals surface area contributed by atoms with Gasteiger partial charge in [0.05, 0.1) is 17.1 Å². The number of nitrogens with one attached hydrogen (secondary N) is 3. The smallest absolute Gasteiger partial charge is 0.323 e. The maximum Gasteiger partial charge on any atom is 0.323 e. The van der Waals surface area contributed by atoms with Crippen LogP contribution in [0.1, 0.15) is 18.5 Å². The van der Waals surface area contributed by atoms with Gasteiger partial charge in [-0.1, -0.05) is 6.07 Å². The van der Waals surface area contributed by atoms with E-state index in [4.69, 9.17) is 0 Å². The van der Waals surface area contributed by atoms with E-state index in [0.29, 0.717) is 6.41 Å². The minimum atomic E-state index is -0.224. The molecule has 0 aliphatic carbocycles. The Morgan fingerprint density at radius 1 is 1.33 bits per heavy atom. The third kappa shape index (κ3) is 1.76. The molecule has 1 unspecified atom stereocenters. The average Bonchev–Trinajstić information content (AvgIpc) is 2.57. The number of aromatic amines is 2. The molecule has 2 aromatic rings. The predicted molar refractivity (Wildman–Crippen MR) is 56.5 cm³/mol. The Balaban J connectivity index is 2.45. The molecule has 2 rings (SSSR count). The normalized spacial score (nSPS) is 12.6. The second-order valence-corrected chi connectivity index (χ2v) is 3.39. The summed E-state index contributed by atoms with van der Waals surface area (Å²) < 4.78 is 0. The fourth-order valence-corrected chi connectivity index (χ4v) is 1.52. The van der Waals surface area contributed by atoms with Gasteiger partial charge >= 0.3 is 5.69 Å². The first kappa shape index (κ1) is 9.51. The van der Waals surface area contributed by atoms with E-state index >= 15 is 0 Å². The summed E-state index contributed by atoms with van der Waals surface area (Å²) in [7, 11) is 0. The van der Waals surface area contributed by atoms with Crippen LogP contribution in [0.25, 0.3) is 11.0 Å². The summed E-state index contributed by atoms with van der Waals surface area (Å²) in [4.78, 5) is 26.6. The third-order valence-corrected chi connectivity index (χ3v) is 2.36. The molecule has 3 N–H and O–H groups in total. The summed E-state index contributed by atoms with van der Waals surface area (Å²) in [6.07, 6.45) is 0.661. The Bertz CT molecular complexity index is 541. The minimum Gasteiger partial charge on any atom is -0.352 e. The van der Waals surface area contributed by atoms with Crippen LogP contribution in [0.2, 0.25) is 0 Å². The largest absolute Gasteiger partial charge is 0.352 e. The Labute approximate surface area is 85.5 Å². The van der Waals surface area contributed by atoms with Gasteiger partial charge in [-0.3, -0.25) is 4.79 Å². The monoisotopic (exact) mass is 205 g/mol. The van der Waals surface area contributed by atoms with Crippen LogP contribution in [0.5, 0.6) is 0 Å². The van der Waals surface area contributed by atoms with Gasteiger partial charge in [-0.2, -0.15) is 0 Å². The topological polar surface area (TPSA) is 77.8 Å². The molecule has 0 saturated heterocycles. The summed E-state index contributed by atoms with van der Waals surface area (Å²) in [5.74, 6) is 0. The molecule has 0 aliphatic heterocycles. The van der Waals surface area contributed by atoms with Crippen LogP contribution in [-0.2, 0) is 4.79 Å². The van der Waals surface area contributed by atoms with Gasteiger partial charge in [-0.15, -0.1) is 0 Å². The highest BCUT2D eigenvalue weighted by Gasteiger charge is 2.05. The SMILES string of the molecule is CC(NC=O)c1ccc2[nH]c(=O)[nH]c2c1. The molecule has 0 aliphatic rings. The van der Waals surface area contributed by atoms with E-state index in [1.807, 2.05) is 25.1 Å². The third-order valence-electron chi connectivity index (χ3n) is 2.36. The van der Waals surface area contributed by atoms with Crippen LogP contribution in [0, 0.1) is 0 Å². The van der Waals surface area contributed by atoms with Crippen molar-refractivity contribution in [1.29, 1.82) is 0 Å². The number of amides is 1. The van der Waals surface area contributed by atoms with Crippen molar-refractivity contribution in [3.05, 3.63) is 34.2 Å². The van der Waals surface area contributed by atoms with Crippen molar-refractivity contribution in [1.82, 2.24) is 15.3 Å². The van der Waals surface area contributed by atoms with Gasteiger partial charge in [0.1, 0.15) is 0 Å². The van der Waals surface area contributed by atoms with Crippen molar-refractivity contribution in [2.24, 2.45) is 0 Å². The second kappa shape index (κ2) is 3.61. The summed E-state index contributed by atoms with van der Waals surface area (Å²) in [6.45, 7) is 1.88. The maximum absolute atomic E-state index is 11.0. The van der Waals surface area contributed by atoms with Crippen molar-refractivity contribution in [2.75, 3.05) is 0 Å². The summed E-state index contributed by atoms with van der Waals surface area (Å²) >= 11 is 0. The molecule has 1 heterocycles. The maximum atomic E-state index is 11.0. The van der Waals surface area contributed by atoms with E-state index in [0.717, 1.165) is 16.6 Å². The molecule has 1 amide bonds. The van der Waals surface area contributed by atoms with Gasteiger partial charge < -0.3 is 15.3 Å². The highest BCUT2D eigenvalue weighted by molar-refractivity contribution is 5.75. The number of aromatic nitrogens is 2. The Morgan fingerprint density at radius 3 is 2.80 bits per heavy atom. The molecule has 0 fully saturated rings. The lowest BCUT2D eigenvalue weighted by Crippen LogP contribution is -2.15. The number of imidazole rings is 1. The molecule has 5 heteroatoms. The first-order valence-electron chi connectivity index (χ1n) is 4.62. The standard InChI is InChI=1S/C10H11N3O2/c1-6(11-5-14)7-2-3-8-9(4-7)13-10(15)12-8/h2-6H,1H3,(H,11,14)(H2,12,13,15). The number of carbonyl (C=O) groups excluding carboxylic acids is 1. The van der Waals surface area contributed by atoms with Crippen molar-refractivity contribution in [2.45, 2.75) is 13.0 Å². The van der Waals surface area contributed by atoms with Crippen molar-refractivity contribution >= 4 is 17.4 Å². The molecule has 0 spiro atoms. The fourth-order valence-electron chi connectivity index (χ4n) is 1.52. The molecule has 5 nitrogen and oxygen atoms in total. The molecular weight excluding hydrogens is 194 g/mol. The summed E-state index contributed by atoms with van der Waals surface area (Å²) in [5.41, 5.74) is 2.24. The Kier molecular flexibility index (Phi) is 2.29. The number of carbonyl (C=O) groups is 1. The van der Waals surface area contributed by atoms with E-state index in [9.17, 15) is 9.59 Å². The number of benzene rings is 1. The van der Waals surface area contributed by atoms with Gasteiger partial charge in [0.25, 0.3) is 0 Å². The van der Waals surface area contributed by atoms with E-state index in [2.05, 4.69) is 15.3 Å². The van der Waals surface area contributed by atoms with Crippen LogP contribution in [0.4, 0.5) is 0 Å². The zero-order valence-corrected chi connectivity index (χ0v) is 8.20. The van der Waals surface area contributed by atoms with Crippen molar-refractivity contribution in [3.63, 3.8) is 0 Å². The molecule has 78 valence electrons. The lowest BCUT2D eigenvalue weighted by atomic mass is 10.1. The number of H-pyrrole nitrogens is 2.